The molecule has 2 heterocycles. The standard InChI is InChI=1S/C19H21N3O3S/c23-17(20-19(18(24)25)9-11-26-12-10-19)16-14-7-4-8-15(14)22(21-16)13-5-2-1-3-6-13/h1-3,5-6H,4,7-12H2,(H,20,23)(H,24,25). The van der Waals surface area contributed by atoms with E-state index in [1.54, 1.807) is 11.8 Å². The van der Waals surface area contributed by atoms with Crippen molar-refractivity contribution < 1.29 is 14.7 Å². The molecule has 1 aliphatic carbocycles. The zero-order valence-electron chi connectivity index (χ0n) is 14.4. The van der Waals surface area contributed by atoms with Crippen LogP contribution in [0.25, 0.3) is 5.69 Å². The molecule has 1 aromatic carbocycles. The molecule has 1 amide bonds. The van der Waals surface area contributed by atoms with Gasteiger partial charge in [-0.15, -0.1) is 0 Å². The van der Waals surface area contributed by atoms with Gasteiger partial charge in [-0.05, 0) is 55.7 Å². The Balaban J connectivity index is 1.68. The number of nitrogens with one attached hydrogen (secondary N) is 1. The average molecular weight is 371 g/mol. The first-order chi connectivity index (χ1) is 12.6. The third-order valence-electron chi connectivity index (χ3n) is 5.25. The van der Waals surface area contributed by atoms with Crippen LogP contribution in [0.2, 0.25) is 0 Å². The highest BCUT2D eigenvalue weighted by Crippen LogP contribution is 2.30. The summed E-state index contributed by atoms with van der Waals surface area (Å²) in [5.41, 5.74) is 2.14. The van der Waals surface area contributed by atoms with E-state index in [1.165, 1.54) is 0 Å². The molecule has 26 heavy (non-hydrogen) atoms. The molecule has 1 fully saturated rings. The minimum atomic E-state index is -1.18. The molecular weight excluding hydrogens is 350 g/mol. The molecule has 0 unspecified atom stereocenters. The van der Waals surface area contributed by atoms with Gasteiger partial charge in [0.25, 0.3) is 5.91 Å². The Kier molecular flexibility index (Phi) is 4.48. The highest BCUT2D eigenvalue weighted by Gasteiger charge is 2.42. The fourth-order valence-electron chi connectivity index (χ4n) is 3.79. The van der Waals surface area contributed by atoms with Gasteiger partial charge >= 0.3 is 5.97 Å². The molecule has 2 aliphatic rings. The van der Waals surface area contributed by atoms with Crippen molar-refractivity contribution in [3.05, 3.63) is 47.3 Å². The first-order valence-corrected chi connectivity index (χ1v) is 10.1. The third-order valence-corrected chi connectivity index (χ3v) is 6.24. The lowest BCUT2D eigenvalue weighted by atomic mass is 9.92. The summed E-state index contributed by atoms with van der Waals surface area (Å²) in [7, 11) is 0. The van der Waals surface area contributed by atoms with Crippen molar-refractivity contribution in [3.8, 4) is 5.69 Å². The fraction of sp³-hybridized carbons (Fsp3) is 0.421. The molecule has 0 saturated carbocycles. The summed E-state index contributed by atoms with van der Waals surface area (Å²) in [5, 5.41) is 17.1. The zero-order chi connectivity index (χ0) is 18.1. The van der Waals surface area contributed by atoms with E-state index >= 15 is 0 Å². The third kappa shape index (κ3) is 2.90. The van der Waals surface area contributed by atoms with Gasteiger partial charge in [0.05, 0.1) is 5.69 Å². The number of nitrogens with zero attached hydrogens (tertiary/aromatic N) is 2. The second-order valence-corrected chi connectivity index (χ2v) is 8.05. The lowest BCUT2D eigenvalue weighted by Gasteiger charge is -2.33. The van der Waals surface area contributed by atoms with Crippen molar-refractivity contribution in [2.45, 2.75) is 37.6 Å². The maximum Gasteiger partial charge on any atom is 0.329 e. The van der Waals surface area contributed by atoms with Crippen LogP contribution in [-0.4, -0.2) is 43.8 Å². The molecule has 1 saturated heterocycles. The van der Waals surface area contributed by atoms with E-state index < -0.39 is 11.5 Å². The van der Waals surface area contributed by atoms with Crippen LogP contribution in [0.5, 0.6) is 0 Å². The lowest BCUT2D eigenvalue weighted by Crippen LogP contribution is -2.56. The van der Waals surface area contributed by atoms with Crippen LogP contribution < -0.4 is 5.32 Å². The van der Waals surface area contributed by atoms with Crippen LogP contribution >= 0.6 is 11.8 Å². The molecule has 4 rings (SSSR count). The number of hydrogen-bond donors (Lipinski definition) is 2. The summed E-state index contributed by atoms with van der Waals surface area (Å²) in [6.07, 6.45) is 3.56. The van der Waals surface area contributed by atoms with Crippen molar-refractivity contribution in [2.75, 3.05) is 11.5 Å². The zero-order valence-corrected chi connectivity index (χ0v) is 15.2. The van der Waals surface area contributed by atoms with E-state index in [0.29, 0.717) is 18.5 Å². The molecule has 2 N–H and O–H groups in total. The van der Waals surface area contributed by atoms with E-state index in [0.717, 1.165) is 47.7 Å². The van der Waals surface area contributed by atoms with Crippen LogP contribution in [-0.2, 0) is 17.6 Å². The van der Waals surface area contributed by atoms with Crippen molar-refractivity contribution in [2.24, 2.45) is 0 Å². The minimum absolute atomic E-state index is 0.368. The number of aromatic nitrogens is 2. The summed E-state index contributed by atoms with van der Waals surface area (Å²) >= 11 is 1.72. The summed E-state index contributed by atoms with van der Waals surface area (Å²) in [5.74, 6) is 0.157. The van der Waals surface area contributed by atoms with Gasteiger partial charge in [-0.2, -0.15) is 16.9 Å². The summed E-state index contributed by atoms with van der Waals surface area (Å²) in [6, 6.07) is 9.75. The number of rotatable bonds is 4. The molecule has 136 valence electrons. The van der Waals surface area contributed by atoms with Gasteiger partial charge in [-0.25, -0.2) is 9.48 Å². The lowest BCUT2D eigenvalue weighted by molar-refractivity contribution is -0.144. The number of benzene rings is 1. The van der Waals surface area contributed by atoms with Crippen molar-refractivity contribution in [1.82, 2.24) is 15.1 Å². The number of hydrogen-bond acceptors (Lipinski definition) is 4. The number of carboxylic acid groups (broad SMARTS) is 1. The van der Waals surface area contributed by atoms with Crippen LogP contribution in [0.4, 0.5) is 0 Å². The summed E-state index contributed by atoms with van der Waals surface area (Å²) in [6.45, 7) is 0. The monoisotopic (exact) mass is 371 g/mol. The highest BCUT2D eigenvalue weighted by atomic mass is 32.2. The molecule has 0 bridgehead atoms. The molecule has 2 aromatic rings. The topological polar surface area (TPSA) is 84.2 Å². The van der Waals surface area contributed by atoms with E-state index in [2.05, 4.69) is 10.4 Å². The normalized spacial score (nSPS) is 18.3. The Labute approximate surface area is 156 Å². The van der Waals surface area contributed by atoms with Gasteiger partial charge in [0.1, 0.15) is 5.54 Å². The Morgan fingerprint density at radius 2 is 1.88 bits per heavy atom. The van der Waals surface area contributed by atoms with Gasteiger partial charge in [0.2, 0.25) is 0 Å². The number of carboxylic acids is 1. The maximum absolute atomic E-state index is 13.0. The number of carbonyl (C=O) groups excluding carboxylic acids is 1. The SMILES string of the molecule is O=C(NC1(C(=O)O)CCSCC1)c1nn(-c2ccccc2)c2c1CCC2. The van der Waals surface area contributed by atoms with Crippen molar-refractivity contribution >= 4 is 23.6 Å². The second kappa shape index (κ2) is 6.79. The largest absolute Gasteiger partial charge is 0.480 e. The molecule has 7 heteroatoms. The van der Waals surface area contributed by atoms with E-state index in [-0.39, 0.29) is 5.91 Å². The number of fused-ring (bicyclic) bond motifs is 1. The van der Waals surface area contributed by atoms with Crippen LogP contribution in [0.3, 0.4) is 0 Å². The predicted octanol–water partition coefficient (Wildman–Crippen LogP) is 2.44. The Morgan fingerprint density at radius 1 is 1.15 bits per heavy atom. The molecule has 1 aliphatic heterocycles. The minimum Gasteiger partial charge on any atom is -0.480 e. The number of para-hydroxylation sites is 1. The Hall–Kier alpha value is -2.28. The quantitative estimate of drug-likeness (QED) is 0.862. The van der Waals surface area contributed by atoms with E-state index in [4.69, 9.17) is 0 Å². The van der Waals surface area contributed by atoms with Crippen LogP contribution in [0.15, 0.2) is 30.3 Å². The summed E-state index contributed by atoms with van der Waals surface area (Å²) < 4.78 is 1.83. The molecule has 0 radical (unpaired) electrons. The van der Waals surface area contributed by atoms with E-state index in [1.807, 2.05) is 35.0 Å². The number of aliphatic carboxylic acids is 1. The second-order valence-electron chi connectivity index (χ2n) is 6.83. The highest BCUT2D eigenvalue weighted by molar-refractivity contribution is 7.99. The first kappa shape index (κ1) is 17.1. The number of carbonyl (C=O) groups is 2. The predicted molar refractivity (Wildman–Crippen MR) is 100.0 cm³/mol. The van der Waals surface area contributed by atoms with Gasteiger partial charge in [0, 0.05) is 11.3 Å². The number of amides is 1. The molecule has 0 atom stereocenters. The fourth-order valence-corrected chi connectivity index (χ4v) is 4.98. The first-order valence-electron chi connectivity index (χ1n) is 8.90. The van der Waals surface area contributed by atoms with Crippen LogP contribution in [0, 0.1) is 0 Å². The smallest absolute Gasteiger partial charge is 0.329 e. The summed E-state index contributed by atoms with van der Waals surface area (Å²) in [4.78, 5) is 24.8. The maximum atomic E-state index is 13.0. The van der Waals surface area contributed by atoms with Crippen molar-refractivity contribution in [1.29, 1.82) is 0 Å². The van der Waals surface area contributed by atoms with Crippen LogP contribution in [0.1, 0.15) is 41.0 Å². The average Bonchev–Trinajstić information content (AvgIpc) is 3.25. The Morgan fingerprint density at radius 3 is 2.58 bits per heavy atom. The van der Waals surface area contributed by atoms with Crippen molar-refractivity contribution in [3.63, 3.8) is 0 Å². The van der Waals surface area contributed by atoms with Gasteiger partial charge < -0.3 is 10.4 Å². The number of thioether (sulfide) groups is 1. The van der Waals surface area contributed by atoms with Gasteiger partial charge in [0.15, 0.2) is 5.69 Å². The molecular formula is C19H21N3O3S. The van der Waals surface area contributed by atoms with Gasteiger partial charge in [-0.3, -0.25) is 4.79 Å². The Bertz CT molecular complexity index is 841. The molecule has 6 nitrogen and oxygen atoms in total. The van der Waals surface area contributed by atoms with Gasteiger partial charge in [-0.1, -0.05) is 18.2 Å². The molecule has 1 aromatic heterocycles. The molecule has 0 spiro atoms. The van der Waals surface area contributed by atoms with E-state index in [9.17, 15) is 14.7 Å².